The predicted octanol–water partition coefficient (Wildman–Crippen LogP) is -1.06. The third kappa shape index (κ3) is 2.94. The van der Waals surface area contributed by atoms with Gasteiger partial charge in [-0.05, 0) is 12.8 Å². The molecule has 5 nitrogen and oxygen atoms in total. The van der Waals surface area contributed by atoms with Gasteiger partial charge in [-0.25, -0.2) is 0 Å². The number of hydrogen-bond donors (Lipinski definition) is 2. The van der Waals surface area contributed by atoms with E-state index in [2.05, 4.69) is 0 Å². The van der Waals surface area contributed by atoms with Gasteiger partial charge in [-0.15, -0.1) is 0 Å². The highest BCUT2D eigenvalue weighted by Crippen LogP contribution is 2.10. The number of aliphatic hydroxyl groups is 1. The van der Waals surface area contributed by atoms with Gasteiger partial charge in [0, 0.05) is 20.2 Å². The molecule has 1 unspecified atom stereocenters. The molecule has 1 heterocycles. The molecule has 1 atom stereocenters. The number of aliphatic hydroxyl groups excluding tert-OH is 1. The molecule has 82 valence electrons. The first-order chi connectivity index (χ1) is 6.65. The molecule has 0 aliphatic carbocycles. The zero-order valence-corrected chi connectivity index (χ0v) is 8.48. The van der Waals surface area contributed by atoms with Gasteiger partial charge in [-0.3, -0.25) is 4.79 Å². The first-order valence-corrected chi connectivity index (χ1v) is 4.86. The maximum absolute atomic E-state index is 11.6. The van der Waals surface area contributed by atoms with Crippen LogP contribution in [-0.2, 0) is 9.53 Å². The third-order valence-corrected chi connectivity index (χ3v) is 2.44. The summed E-state index contributed by atoms with van der Waals surface area (Å²) in [7, 11) is 1.52. The van der Waals surface area contributed by atoms with Crippen LogP contribution in [-0.4, -0.2) is 54.9 Å². The molecule has 1 saturated heterocycles. The number of ether oxygens (including phenoxy) is 1. The van der Waals surface area contributed by atoms with Gasteiger partial charge in [0.15, 0.2) is 0 Å². The fourth-order valence-electron chi connectivity index (χ4n) is 1.57. The Labute approximate surface area is 83.8 Å². The molecule has 0 spiro atoms. The van der Waals surface area contributed by atoms with E-state index in [1.807, 2.05) is 0 Å². The molecule has 14 heavy (non-hydrogen) atoms. The van der Waals surface area contributed by atoms with Crippen molar-refractivity contribution in [3.8, 4) is 0 Å². The minimum Gasteiger partial charge on any atom is -0.393 e. The normalized spacial score (nSPS) is 20.9. The van der Waals surface area contributed by atoms with Gasteiger partial charge in [0.25, 0.3) is 0 Å². The van der Waals surface area contributed by atoms with E-state index in [0.717, 1.165) is 0 Å². The predicted molar refractivity (Wildman–Crippen MR) is 51.7 cm³/mol. The number of amides is 1. The Kier molecular flexibility index (Phi) is 4.31. The van der Waals surface area contributed by atoms with Gasteiger partial charge in [0.2, 0.25) is 5.91 Å². The molecule has 5 heteroatoms. The van der Waals surface area contributed by atoms with Crippen LogP contribution in [0.2, 0.25) is 0 Å². The molecule has 1 fully saturated rings. The maximum atomic E-state index is 11.6. The number of likely N-dealkylation sites (tertiary alicyclic amines) is 1. The van der Waals surface area contributed by atoms with E-state index in [-0.39, 0.29) is 18.6 Å². The fourth-order valence-corrected chi connectivity index (χ4v) is 1.57. The molecule has 0 aromatic carbocycles. The number of carbonyl (C=O) groups excluding carboxylic acids is 1. The molecule has 0 radical (unpaired) electrons. The highest BCUT2D eigenvalue weighted by atomic mass is 16.5. The number of nitrogens with zero attached hydrogens (tertiary/aromatic N) is 1. The van der Waals surface area contributed by atoms with Gasteiger partial charge in [-0.2, -0.15) is 0 Å². The van der Waals surface area contributed by atoms with Crippen molar-refractivity contribution in [2.45, 2.75) is 25.0 Å². The minimum absolute atomic E-state index is 0.0845. The molecule has 0 aromatic rings. The number of hydrogen-bond acceptors (Lipinski definition) is 4. The van der Waals surface area contributed by atoms with Crippen LogP contribution in [0.25, 0.3) is 0 Å². The van der Waals surface area contributed by atoms with Crippen molar-refractivity contribution >= 4 is 5.91 Å². The summed E-state index contributed by atoms with van der Waals surface area (Å²) < 4.78 is 4.81. The second kappa shape index (κ2) is 5.29. The van der Waals surface area contributed by atoms with Crippen molar-refractivity contribution in [2.24, 2.45) is 5.73 Å². The zero-order chi connectivity index (χ0) is 10.6. The number of piperidine rings is 1. The fraction of sp³-hybridized carbons (Fsp3) is 0.889. The average molecular weight is 202 g/mol. The monoisotopic (exact) mass is 202 g/mol. The highest BCUT2D eigenvalue weighted by molar-refractivity contribution is 5.81. The lowest BCUT2D eigenvalue weighted by Crippen LogP contribution is -2.49. The molecule has 1 rings (SSSR count). The lowest BCUT2D eigenvalue weighted by atomic mass is 10.1. The van der Waals surface area contributed by atoms with E-state index in [1.54, 1.807) is 4.90 Å². The van der Waals surface area contributed by atoms with Crippen LogP contribution in [0.15, 0.2) is 0 Å². The van der Waals surface area contributed by atoms with Crippen LogP contribution in [0.1, 0.15) is 12.8 Å². The Morgan fingerprint density at radius 2 is 2.21 bits per heavy atom. The summed E-state index contributed by atoms with van der Waals surface area (Å²) >= 11 is 0. The quantitative estimate of drug-likeness (QED) is 0.612. The largest absolute Gasteiger partial charge is 0.393 e. The van der Waals surface area contributed by atoms with Gasteiger partial charge in [0.05, 0.1) is 12.7 Å². The van der Waals surface area contributed by atoms with Crippen LogP contribution in [0.5, 0.6) is 0 Å². The minimum atomic E-state index is -0.574. The molecule has 0 aromatic heterocycles. The van der Waals surface area contributed by atoms with E-state index in [0.29, 0.717) is 25.9 Å². The summed E-state index contributed by atoms with van der Waals surface area (Å²) in [4.78, 5) is 13.3. The smallest absolute Gasteiger partial charge is 0.241 e. The Morgan fingerprint density at radius 3 is 2.71 bits per heavy atom. The second-order valence-electron chi connectivity index (χ2n) is 3.62. The van der Waals surface area contributed by atoms with E-state index >= 15 is 0 Å². The summed E-state index contributed by atoms with van der Waals surface area (Å²) in [5.41, 5.74) is 5.61. The first-order valence-electron chi connectivity index (χ1n) is 4.86. The molecule has 1 aliphatic heterocycles. The van der Waals surface area contributed by atoms with Gasteiger partial charge < -0.3 is 20.5 Å². The standard InChI is InChI=1S/C9H18N2O3/c1-14-6-8(10)9(13)11-4-2-7(12)3-5-11/h7-8,12H,2-6,10H2,1H3. The van der Waals surface area contributed by atoms with Crippen LogP contribution in [0, 0.1) is 0 Å². The van der Waals surface area contributed by atoms with Crippen LogP contribution >= 0.6 is 0 Å². The van der Waals surface area contributed by atoms with Crippen molar-refractivity contribution in [1.29, 1.82) is 0 Å². The maximum Gasteiger partial charge on any atom is 0.241 e. The van der Waals surface area contributed by atoms with E-state index in [9.17, 15) is 9.90 Å². The molecule has 3 N–H and O–H groups in total. The van der Waals surface area contributed by atoms with Crippen LogP contribution < -0.4 is 5.73 Å². The summed E-state index contributed by atoms with van der Waals surface area (Å²) in [6, 6.07) is -0.574. The average Bonchev–Trinajstić information content (AvgIpc) is 2.18. The summed E-state index contributed by atoms with van der Waals surface area (Å²) in [6.45, 7) is 1.44. The lowest BCUT2D eigenvalue weighted by Gasteiger charge is -2.31. The molecule has 0 bridgehead atoms. The summed E-state index contributed by atoms with van der Waals surface area (Å²) in [5.74, 6) is -0.0845. The van der Waals surface area contributed by atoms with E-state index < -0.39 is 6.04 Å². The van der Waals surface area contributed by atoms with Crippen molar-refractivity contribution < 1.29 is 14.6 Å². The van der Waals surface area contributed by atoms with Crippen LogP contribution in [0.4, 0.5) is 0 Å². The molecule has 1 amide bonds. The topological polar surface area (TPSA) is 75.8 Å². The Hall–Kier alpha value is -0.650. The van der Waals surface area contributed by atoms with Gasteiger partial charge in [-0.1, -0.05) is 0 Å². The van der Waals surface area contributed by atoms with Gasteiger partial charge >= 0.3 is 0 Å². The molecular weight excluding hydrogens is 184 g/mol. The van der Waals surface area contributed by atoms with Crippen molar-refractivity contribution in [3.05, 3.63) is 0 Å². The molecular formula is C9H18N2O3. The van der Waals surface area contributed by atoms with Gasteiger partial charge in [0.1, 0.15) is 6.04 Å². The lowest BCUT2D eigenvalue weighted by molar-refractivity contribution is -0.135. The number of carbonyl (C=O) groups is 1. The Morgan fingerprint density at radius 1 is 1.64 bits per heavy atom. The Bertz CT molecular complexity index is 190. The van der Waals surface area contributed by atoms with Crippen LogP contribution in [0.3, 0.4) is 0 Å². The number of rotatable bonds is 3. The first kappa shape index (κ1) is 11.4. The third-order valence-electron chi connectivity index (χ3n) is 2.44. The highest BCUT2D eigenvalue weighted by Gasteiger charge is 2.25. The summed E-state index contributed by atoms with van der Waals surface area (Å²) in [6.07, 6.45) is 1.02. The molecule has 1 aliphatic rings. The van der Waals surface area contributed by atoms with Crippen molar-refractivity contribution in [2.75, 3.05) is 26.8 Å². The Balaban J connectivity index is 2.37. The van der Waals surface area contributed by atoms with Crippen molar-refractivity contribution in [1.82, 2.24) is 4.90 Å². The molecule has 0 saturated carbocycles. The van der Waals surface area contributed by atoms with Crippen molar-refractivity contribution in [3.63, 3.8) is 0 Å². The van der Waals surface area contributed by atoms with E-state index in [1.165, 1.54) is 7.11 Å². The number of nitrogens with two attached hydrogens (primary N) is 1. The summed E-state index contributed by atoms with van der Waals surface area (Å²) in [5, 5.41) is 9.26. The second-order valence-corrected chi connectivity index (χ2v) is 3.62. The SMILES string of the molecule is COCC(N)C(=O)N1CCC(O)CC1. The number of methoxy groups -OCH3 is 1. The van der Waals surface area contributed by atoms with E-state index in [4.69, 9.17) is 10.5 Å². The zero-order valence-electron chi connectivity index (χ0n) is 8.48.